The SMILES string of the molecule is Cc1cccc(C)c1NC(=O)C[NH+](C)CC(=O)NCc1ccc(F)cc1. The first-order valence-corrected chi connectivity index (χ1v) is 8.53. The number of amides is 2. The summed E-state index contributed by atoms with van der Waals surface area (Å²) in [6.07, 6.45) is 0. The molecule has 0 aliphatic carbocycles. The van der Waals surface area contributed by atoms with E-state index in [1.807, 2.05) is 32.0 Å². The predicted molar refractivity (Wildman–Crippen MR) is 99.4 cm³/mol. The van der Waals surface area contributed by atoms with E-state index in [9.17, 15) is 14.0 Å². The second-order valence-corrected chi connectivity index (χ2v) is 6.53. The number of likely N-dealkylation sites (N-methyl/N-ethyl adjacent to an activating group) is 1. The summed E-state index contributed by atoms with van der Waals surface area (Å²) in [7, 11) is 1.79. The molecule has 1 unspecified atom stereocenters. The standard InChI is InChI=1S/C20H24FN3O2/c1-14-5-4-6-15(2)20(14)23-19(26)13-24(3)12-18(25)22-11-16-7-9-17(21)10-8-16/h4-10H,11-13H2,1-3H3,(H,22,25)(H,23,26)/p+1. The van der Waals surface area contributed by atoms with Gasteiger partial charge in [0.2, 0.25) is 0 Å². The van der Waals surface area contributed by atoms with Gasteiger partial charge in [0.1, 0.15) is 5.82 Å². The van der Waals surface area contributed by atoms with Gasteiger partial charge in [0.05, 0.1) is 7.05 Å². The highest BCUT2D eigenvalue weighted by molar-refractivity contribution is 5.93. The molecule has 6 heteroatoms. The molecular formula is C20H25FN3O2+. The topological polar surface area (TPSA) is 62.6 Å². The Hall–Kier alpha value is -2.73. The average Bonchev–Trinajstić information content (AvgIpc) is 2.57. The second-order valence-electron chi connectivity index (χ2n) is 6.53. The van der Waals surface area contributed by atoms with Gasteiger partial charge in [-0.3, -0.25) is 9.59 Å². The first-order chi connectivity index (χ1) is 12.3. The molecule has 2 rings (SSSR count). The minimum atomic E-state index is -0.306. The molecule has 0 fully saturated rings. The minimum Gasteiger partial charge on any atom is -0.347 e. The Bertz CT molecular complexity index is 755. The van der Waals surface area contributed by atoms with E-state index in [-0.39, 0.29) is 30.7 Å². The van der Waals surface area contributed by atoms with Crippen LogP contribution in [0.25, 0.3) is 0 Å². The van der Waals surface area contributed by atoms with Crippen molar-refractivity contribution in [1.82, 2.24) is 5.32 Å². The molecule has 0 aliphatic heterocycles. The van der Waals surface area contributed by atoms with E-state index in [0.29, 0.717) is 6.54 Å². The molecule has 1 atom stereocenters. The van der Waals surface area contributed by atoms with Crippen molar-refractivity contribution in [3.63, 3.8) is 0 Å². The predicted octanol–water partition coefficient (Wildman–Crippen LogP) is 1.21. The van der Waals surface area contributed by atoms with Crippen molar-refractivity contribution in [2.45, 2.75) is 20.4 Å². The molecule has 138 valence electrons. The van der Waals surface area contributed by atoms with E-state index in [0.717, 1.165) is 27.3 Å². The normalized spacial score (nSPS) is 11.7. The molecule has 0 saturated heterocycles. The van der Waals surface area contributed by atoms with E-state index in [2.05, 4.69) is 10.6 Å². The fourth-order valence-corrected chi connectivity index (χ4v) is 2.67. The Labute approximate surface area is 153 Å². The maximum absolute atomic E-state index is 12.9. The average molecular weight is 358 g/mol. The summed E-state index contributed by atoms with van der Waals surface area (Å²) >= 11 is 0. The van der Waals surface area contributed by atoms with Crippen molar-refractivity contribution in [2.75, 3.05) is 25.5 Å². The van der Waals surface area contributed by atoms with E-state index in [4.69, 9.17) is 0 Å². The quantitative estimate of drug-likeness (QED) is 0.697. The third-order valence-corrected chi connectivity index (χ3v) is 4.07. The molecule has 0 heterocycles. The summed E-state index contributed by atoms with van der Waals surface area (Å²) in [6, 6.07) is 11.8. The van der Waals surface area contributed by atoms with E-state index < -0.39 is 0 Å². The van der Waals surface area contributed by atoms with Crippen molar-refractivity contribution in [1.29, 1.82) is 0 Å². The molecule has 0 aromatic heterocycles. The van der Waals surface area contributed by atoms with Gasteiger partial charge in [-0.15, -0.1) is 0 Å². The Morgan fingerprint density at radius 1 is 0.962 bits per heavy atom. The number of hydrogen-bond acceptors (Lipinski definition) is 2. The van der Waals surface area contributed by atoms with Crippen LogP contribution in [0.3, 0.4) is 0 Å². The maximum atomic E-state index is 12.9. The molecular weight excluding hydrogens is 333 g/mol. The fraction of sp³-hybridized carbons (Fsp3) is 0.300. The number of benzene rings is 2. The number of anilines is 1. The molecule has 2 amide bonds. The van der Waals surface area contributed by atoms with Gasteiger partial charge in [0.15, 0.2) is 13.1 Å². The van der Waals surface area contributed by atoms with E-state index in [1.165, 1.54) is 12.1 Å². The molecule has 26 heavy (non-hydrogen) atoms. The molecule has 0 bridgehead atoms. The lowest BCUT2D eigenvalue weighted by Crippen LogP contribution is -3.11. The molecule has 2 aromatic carbocycles. The number of halogens is 1. The van der Waals surface area contributed by atoms with Gasteiger partial charge in [-0.2, -0.15) is 0 Å². The molecule has 2 aromatic rings. The Kier molecular flexibility index (Phi) is 6.86. The first-order valence-electron chi connectivity index (χ1n) is 8.53. The number of para-hydroxylation sites is 1. The van der Waals surface area contributed by atoms with E-state index in [1.54, 1.807) is 19.2 Å². The lowest BCUT2D eigenvalue weighted by atomic mass is 10.1. The van der Waals surface area contributed by atoms with Crippen molar-refractivity contribution in [3.05, 3.63) is 65.0 Å². The maximum Gasteiger partial charge on any atom is 0.279 e. The number of carbonyl (C=O) groups is 2. The number of rotatable bonds is 7. The van der Waals surface area contributed by atoms with Crippen molar-refractivity contribution < 1.29 is 18.9 Å². The third kappa shape index (κ3) is 5.97. The highest BCUT2D eigenvalue weighted by Gasteiger charge is 2.15. The van der Waals surface area contributed by atoms with Gasteiger partial charge in [0, 0.05) is 12.2 Å². The van der Waals surface area contributed by atoms with Crippen LogP contribution in [-0.2, 0) is 16.1 Å². The van der Waals surface area contributed by atoms with Crippen LogP contribution in [0.5, 0.6) is 0 Å². The highest BCUT2D eigenvalue weighted by Crippen LogP contribution is 2.18. The summed E-state index contributed by atoms with van der Waals surface area (Å²) in [5.41, 5.74) is 3.66. The summed E-state index contributed by atoms with van der Waals surface area (Å²) in [4.78, 5) is 25.0. The number of quaternary nitrogens is 1. The fourth-order valence-electron chi connectivity index (χ4n) is 2.67. The van der Waals surface area contributed by atoms with Gasteiger partial charge in [0.25, 0.3) is 11.8 Å². The zero-order chi connectivity index (χ0) is 19.1. The summed E-state index contributed by atoms with van der Waals surface area (Å²) in [5, 5.41) is 5.70. The molecule has 0 saturated carbocycles. The molecule has 3 N–H and O–H groups in total. The zero-order valence-electron chi connectivity index (χ0n) is 15.4. The monoisotopic (exact) mass is 358 g/mol. The van der Waals surface area contributed by atoms with Gasteiger partial charge in [-0.05, 0) is 42.7 Å². The van der Waals surface area contributed by atoms with Crippen LogP contribution >= 0.6 is 0 Å². The molecule has 5 nitrogen and oxygen atoms in total. The van der Waals surface area contributed by atoms with Crippen LogP contribution in [-0.4, -0.2) is 32.0 Å². The number of hydrogen-bond donors (Lipinski definition) is 3. The van der Waals surface area contributed by atoms with Gasteiger partial charge in [-0.25, -0.2) is 4.39 Å². The molecule has 0 aliphatic rings. The smallest absolute Gasteiger partial charge is 0.279 e. The molecule has 0 radical (unpaired) electrons. The van der Waals surface area contributed by atoms with E-state index >= 15 is 0 Å². The first kappa shape index (κ1) is 19.6. The Balaban J connectivity index is 1.78. The third-order valence-electron chi connectivity index (χ3n) is 4.07. The highest BCUT2D eigenvalue weighted by atomic mass is 19.1. The van der Waals surface area contributed by atoms with Crippen LogP contribution in [0, 0.1) is 19.7 Å². The number of nitrogens with one attached hydrogen (secondary N) is 3. The lowest BCUT2D eigenvalue weighted by molar-refractivity contribution is -0.862. The Morgan fingerprint density at radius 2 is 1.54 bits per heavy atom. The summed E-state index contributed by atoms with van der Waals surface area (Å²) in [6.45, 7) is 4.60. The van der Waals surface area contributed by atoms with Gasteiger partial charge >= 0.3 is 0 Å². The van der Waals surface area contributed by atoms with Crippen LogP contribution in [0.1, 0.15) is 16.7 Å². The second kappa shape index (κ2) is 9.10. The van der Waals surface area contributed by atoms with Gasteiger partial charge < -0.3 is 15.5 Å². The van der Waals surface area contributed by atoms with Crippen LogP contribution < -0.4 is 15.5 Å². The van der Waals surface area contributed by atoms with Crippen molar-refractivity contribution in [3.8, 4) is 0 Å². The van der Waals surface area contributed by atoms with Crippen LogP contribution in [0.2, 0.25) is 0 Å². The minimum absolute atomic E-state index is 0.133. The summed E-state index contributed by atoms with van der Waals surface area (Å²) < 4.78 is 12.9. The summed E-state index contributed by atoms with van der Waals surface area (Å²) in [5.74, 6) is -0.600. The van der Waals surface area contributed by atoms with Crippen molar-refractivity contribution >= 4 is 17.5 Å². The van der Waals surface area contributed by atoms with Crippen LogP contribution in [0.4, 0.5) is 10.1 Å². The number of carbonyl (C=O) groups excluding carboxylic acids is 2. The lowest BCUT2D eigenvalue weighted by Gasteiger charge is -2.15. The van der Waals surface area contributed by atoms with Crippen molar-refractivity contribution in [2.24, 2.45) is 0 Å². The molecule has 0 spiro atoms. The Morgan fingerprint density at radius 3 is 2.15 bits per heavy atom. The van der Waals surface area contributed by atoms with Crippen LogP contribution in [0.15, 0.2) is 42.5 Å². The zero-order valence-corrected chi connectivity index (χ0v) is 15.4. The van der Waals surface area contributed by atoms with Gasteiger partial charge in [-0.1, -0.05) is 30.3 Å². The largest absolute Gasteiger partial charge is 0.347 e. The number of aryl methyl sites for hydroxylation is 2.